The molecule has 0 saturated carbocycles. The summed E-state index contributed by atoms with van der Waals surface area (Å²) in [6.45, 7) is 4.77. The first kappa shape index (κ1) is 15.0. The van der Waals surface area contributed by atoms with Crippen molar-refractivity contribution in [1.82, 2.24) is 25.1 Å². The van der Waals surface area contributed by atoms with E-state index in [9.17, 15) is 4.79 Å². The van der Waals surface area contributed by atoms with E-state index >= 15 is 0 Å². The second-order valence-corrected chi connectivity index (χ2v) is 4.66. The molecule has 2 rings (SSSR count). The maximum Gasteiger partial charge on any atom is 0.270 e. The van der Waals surface area contributed by atoms with E-state index in [-0.39, 0.29) is 11.9 Å². The number of carbonyl (C=O) groups excluding carboxylic acids is 1. The number of hydrogen-bond acceptors (Lipinski definition) is 5. The van der Waals surface area contributed by atoms with Crippen molar-refractivity contribution >= 4 is 5.91 Å². The number of aromatic nitrogens is 4. The average molecular weight is 289 g/mol. The van der Waals surface area contributed by atoms with Crippen molar-refractivity contribution in [3.05, 3.63) is 36.2 Å². The molecular weight excluding hydrogens is 270 g/mol. The van der Waals surface area contributed by atoms with Crippen LogP contribution in [0.15, 0.2) is 24.7 Å². The third-order valence-electron chi connectivity index (χ3n) is 3.04. The van der Waals surface area contributed by atoms with Crippen LogP contribution in [-0.2, 0) is 6.54 Å². The third-order valence-corrected chi connectivity index (χ3v) is 3.04. The summed E-state index contributed by atoms with van der Waals surface area (Å²) in [6, 6.07) is 3.04. The van der Waals surface area contributed by atoms with Crippen molar-refractivity contribution in [3.63, 3.8) is 0 Å². The fourth-order valence-corrected chi connectivity index (χ4v) is 2.01. The van der Waals surface area contributed by atoms with Gasteiger partial charge in [-0.2, -0.15) is 0 Å². The lowest BCUT2D eigenvalue weighted by molar-refractivity contribution is 0.0932. The van der Waals surface area contributed by atoms with Gasteiger partial charge in [-0.05, 0) is 19.4 Å². The normalized spacial score (nSPS) is 12.0. The van der Waals surface area contributed by atoms with Gasteiger partial charge in [-0.15, -0.1) is 10.2 Å². The highest BCUT2D eigenvalue weighted by Gasteiger charge is 2.17. The van der Waals surface area contributed by atoms with Crippen LogP contribution in [0.1, 0.15) is 42.6 Å². The van der Waals surface area contributed by atoms with Gasteiger partial charge in [-0.25, -0.2) is 0 Å². The SMILES string of the molecule is CCCn1cnnc1[C@@H](C)NC(=O)c1cc(OC)ccn1. The van der Waals surface area contributed by atoms with E-state index in [2.05, 4.69) is 27.4 Å². The first-order chi connectivity index (χ1) is 10.2. The molecule has 2 aromatic heterocycles. The van der Waals surface area contributed by atoms with E-state index in [0.717, 1.165) is 18.8 Å². The Morgan fingerprint density at radius 1 is 1.52 bits per heavy atom. The summed E-state index contributed by atoms with van der Waals surface area (Å²) >= 11 is 0. The lowest BCUT2D eigenvalue weighted by Crippen LogP contribution is -2.29. The molecule has 0 aliphatic carbocycles. The smallest absolute Gasteiger partial charge is 0.270 e. The average Bonchev–Trinajstić information content (AvgIpc) is 2.96. The highest BCUT2D eigenvalue weighted by molar-refractivity contribution is 5.92. The van der Waals surface area contributed by atoms with Gasteiger partial charge in [0, 0.05) is 18.8 Å². The minimum absolute atomic E-state index is 0.250. The molecule has 0 spiro atoms. The molecule has 0 saturated heterocycles. The molecule has 1 amide bonds. The standard InChI is InChI=1S/C14H19N5O2/c1-4-7-19-9-16-18-13(19)10(2)17-14(20)12-8-11(21-3)5-6-15-12/h5-6,8-10H,4,7H2,1-3H3,(H,17,20)/t10-/m1/s1. The van der Waals surface area contributed by atoms with Crippen LogP contribution in [0.5, 0.6) is 5.75 Å². The van der Waals surface area contributed by atoms with Crippen LogP contribution in [0.2, 0.25) is 0 Å². The number of amides is 1. The number of nitrogens with one attached hydrogen (secondary N) is 1. The summed E-state index contributed by atoms with van der Waals surface area (Å²) < 4.78 is 7.02. The Kier molecular flexibility index (Phi) is 4.86. The largest absolute Gasteiger partial charge is 0.497 e. The van der Waals surface area contributed by atoms with Crippen LogP contribution in [-0.4, -0.2) is 32.8 Å². The topological polar surface area (TPSA) is 81.9 Å². The number of hydrogen-bond donors (Lipinski definition) is 1. The van der Waals surface area contributed by atoms with Gasteiger partial charge in [0.1, 0.15) is 17.8 Å². The van der Waals surface area contributed by atoms with Gasteiger partial charge in [0.15, 0.2) is 5.82 Å². The van der Waals surface area contributed by atoms with Crippen LogP contribution in [0, 0.1) is 0 Å². The molecule has 0 fully saturated rings. The summed E-state index contributed by atoms with van der Waals surface area (Å²) in [7, 11) is 1.55. The second-order valence-electron chi connectivity index (χ2n) is 4.66. The van der Waals surface area contributed by atoms with Gasteiger partial charge in [0.25, 0.3) is 5.91 Å². The monoisotopic (exact) mass is 289 g/mol. The van der Waals surface area contributed by atoms with E-state index < -0.39 is 0 Å². The molecule has 0 unspecified atom stereocenters. The first-order valence-corrected chi connectivity index (χ1v) is 6.84. The summed E-state index contributed by atoms with van der Waals surface area (Å²) in [6.07, 6.45) is 4.19. The predicted molar refractivity (Wildman–Crippen MR) is 77.0 cm³/mol. The molecule has 2 aromatic rings. The van der Waals surface area contributed by atoms with Crippen molar-refractivity contribution in [1.29, 1.82) is 0 Å². The quantitative estimate of drug-likeness (QED) is 0.873. The summed E-state index contributed by atoms with van der Waals surface area (Å²) in [5, 5.41) is 10.8. The highest BCUT2D eigenvalue weighted by atomic mass is 16.5. The Hall–Kier alpha value is -2.44. The minimum atomic E-state index is -0.271. The molecule has 7 heteroatoms. The van der Waals surface area contributed by atoms with Crippen LogP contribution in [0.25, 0.3) is 0 Å². The Bertz CT molecular complexity index is 611. The lowest BCUT2D eigenvalue weighted by Gasteiger charge is -2.14. The summed E-state index contributed by atoms with van der Waals surface area (Å²) in [4.78, 5) is 16.2. The van der Waals surface area contributed by atoms with Crippen molar-refractivity contribution in [2.75, 3.05) is 7.11 Å². The van der Waals surface area contributed by atoms with Gasteiger partial charge in [-0.1, -0.05) is 6.92 Å². The fraction of sp³-hybridized carbons (Fsp3) is 0.429. The highest BCUT2D eigenvalue weighted by Crippen LogP contribution is 2.13. The molecule has 1 N–H and O–H groups in total. The van der Waals surface area contributed by atoms with Crippen molar-refractivity contribution in [3.8, 4) is 5.75 Å². The molecule has 21 heavy (non-hydrogen) atoms. The van der Waals surface area contributed by atoms with Crippen LogP contribution in [0.3, 0.4) is 0 Å². The zero-order valence-electron chi connectivity index (χ0n) is 12.4. The molecule has 112 valence electrons. The van der Waals surface area contributed by atoms with Gasteiger partial charge < -0.3 is 14.6 Å². The number of nitrogens with zero attached hydrogens (tertiary/aromatic N) is 4. The molecule has 2 heterocycles. The van der Waals surface area contributed by atoms with Crippen LogP contribution in [0.4, 0.5) is 0 Å². The number of rotatable bonds is 6. The number of aryl methyl sites for hydroxylation is 1. The molecule has 0 aromatic carbocycles. The van der Waals surface area contributed by atoms with E-state index in [1.165, 1.54) is 6.20 Å². The molecule has 0 aliphatic rings. The second kappa shape index (κ2) is 6.83. The zero-order valence-corrected chi connectivity index (χ0v) is 12.4. The Morgan fingerprint density at radius 3 is 3.05 bits per heavy atom. The third kappa shape index (κ3) is 3.56. The van der Waals surface area contributed by atoms with Crippen LogP contribution >= 0.6 is 0 Å². The number of carbonyl (C=O) groups is 1. The molecule has 0 aliphatic heterocycles. The number of methoxy groups -OCH3 is 1. The maximum atomic E-state index is 12.2. The Morgan fingerprint density at radius 2 is 2.33 bits per heavy atom. The molecule has 0 bridgehead atoms. The van der Waals surface area contributed by atoms with Crippen molar-refractivity contribution in [2.45, 2.75) is 32.9 Å². The van der Waals surface area contributed by atoms with Gasteiger partial charge in [0.05, 0.1) is 13.2 Å². The fourth-order valence-electron chi connectivity index (χ4n) is 2.01. The molecular formula is C14H19N5O2. The van der Waals surface area contributed by atoms with Crippen molar-refractivity contribution in [2.24, 2.45) is 0 Å². The molecule has 0 radical (unpaired) electrons. The summed E-state index contributed by atoms with van der Waals surface area (Å²) in [5.74, 6) is 1.05. The van der Waals surface area contributed by atoms with Gasteiger partial charge in [-0.3, -0.25) is 9.78 Å². The number of pyridine rings is 1. The van der Waals surface area contributed by atoms with E-state index in [4.69, 9.17) is 4.74 Å². The van der Waals surface area contributed by atoms with Gasteiger partial charge >= 0.3 is 0 Å². The van der Waals surface area contributed by atoms with E-state index in [1.807, 2.05) is 11.5 Å². The van der Waals surface area contributed by atoms with Gasteiger partial charge in [0.2, 0.25) is 0 Å². The maximum absolute atomic E-state index is 12.2. The Labute approximate surface area is 123 Å². The molecule has 7 nitrogen and oxygen atoms in total. The van der Waals surface area contributed by atoms with E-state index in [1.54, 1.807) is 25.6 Å². The predicted octanol–water partition coefficient (Wildman–Crippen LogP) is 1.58. The lowest BCUT2D eigenvalue weighted by atomic mass is 10.2. The molecule has 1 atom stereocenters. The first-order valence-electron chi connectivity index (χ1n) is 6.84. The number of ether oxygens (including phenoxy) is 1. The van der Waals surface area contributed by atoms with Crippen LogP contribution < -0.4 is 10.1 Å². The Balaban J connectivity index is 2.09. The zero-order chi connectivity index (χ0) is 15.2. The van der Waals surface area contributed by atoms with E-state index in [0.29, 0.717) is 11.4 Å². The summed E-state index contributed by atoms with van der Waals surface area (Å²) in [5.41, 5.74) is 0.308. The minimum Gasteiger partial charge on any atom is -0.497 e. The van der Waals surface area contributed by atoms with Crippen molar-refractivity contribution < 1.29 is 9.53 Å².